The first-order valence-electron chi connectivity index (χ1n) is 12.7. The van der Waals surface area contributed by atoms with Crippen molar-refractivity contribution in [1.82, 2.24) is 9.80 Å². The third kappa shape index (κ3) is 6.97. The van der Waals surface area contributed by atoms with Gasteiger partial charge in [0.05, 0.1) is 0 Å². The van der Waals surface area contributed by atoms with Gasteiger partial charge < -0.3 is 19.9 Å². The lowest BCUT2D eigenvalue weighted by Crippen LogP contribution is -2.32. The predicted octanol–water partition coefficient (Wildman–Crippen LogP) is 5.95. The van der Waals surface area contributed by atoms with Gasteiger partial charge in [0.15, 0.2) is 5.70 Å². The van der Waals surface area contributed by atoms with Crippen LogP contribution in [0.5, 0.6) is 0 Å². The second-order valence-corrected chi connectivity index (χ2v) is 9.46. The van der Waals surface area contributed by atoms with Crippen LogP contribution in [0.1, 0.15) is 36.8 Å². The number of amides is 2. The van der Waals surface area contributed by atoms with Gasteiger partial charge in [0.2, 0.25) is 5.90 Å². The standard InChI is InChI=1S/C30H34N4O3/c1-22-12-10-15-24(20-22)31-30(36)34(3)19-9-5-4-8-18-33(2)21-27-29(35)37-28(32-27)26-17-11-14-23-13-6-7-16-25(23)26/h6-7,10-17,20-21H,4-5,8-9,18-19H2,1-3H3,(H,31,36). The molecule has 0 spiro atoms. The number of nitrogens with zero attached hydrogens (tertiary/aromatic N) is 3. The lowest BCUT2D eigenvalue weighted by Gasteiger charge is -2.18. The first kappa shape index (κ1) is 25.9. The van der Waals surface area contributed by atoms with Crippen molar-refractivity contribution in [3.05, 3.63) is 89.8 Å². The van der Waals surface area contributed by atoms with Crippen molar-refractivity contribution in [1.29, 1.82) is 0 Å². The quantitative estimate of drug-likeness (QED) is 0.213. The minimum Gasteiger partial charge on any atom is -0.402 e. The summed E-state index contributed by atoms with van der Waals surface area (Å²) in [5, 5.41) is 5.01. The fraction of sp³-hybridized carbons (Fsp3) is 0.300. The SMILES string of the molecule is Cc1cccc(NC(=O)N(C)CCCCCCN(C)C=C2N=C(c3cccc4ccccc34)OC2=O)c1. The van der Waals surface area contributed by atoms with Crippen LogP contribution in [0.2, 0.25) is 0 Å². The van der Waals surface area contributed by atoms with Crippen LogP contribution in [0.25, 0.3) is 10.8 Å². The summed E-state index contributed by atoms with van der Waals surface area (Å²) in [6.45, 7) is 3.51. The summed E-state index contributed by atoms with van der Waals surface area (Å²) in [5.41, 5.74) is 3.05. The highest BCUT2D eigenvalue weighted by molar-refractivity contribution is 6.16. The zero-order valence-corrected chi connectivity index (χ0v) is 21.7. The summed E-state index contributed by atoms with van der Waals surface area (Å²) in [6.07, 6.45) is 5.74. The number of benzene rings is 3. The maximum Gasteiger partial charge on any atom is 0.365 e. The molecule has 1 heterocycles. The van der Waals surface area contributed by atoms with Gasteiger partial charge in [-0.3, -0.25) is 0 Å². The minimum atomic E-state index is -0.429. The molecule has 37 heavy (non-hydrogen) atoms. The second-order valence-electron chi connectivity index (χ2n) is 9.46. The van der Waals surface area contributed by atoms with Crippen molar-refractivity contribution in [3.8, 4) is 0 Å². The van der Waals surface area contributed by atoms with Crippen molar-refractivity contribution < 1.29 is 14.3 Å². The van der Waals surface area contributed by atoms with E-state index in [1.54, 1.807) is 11.1 Å². The summed E-state index contributed by atoms with van der Waals surface area (Å²) >= 11 is 0. The maximum atomic E-state index is 12.4. The number of hydrogen-bond acceptors (Lipinski definition) is 5. The number of aliphatic imine (C=N–C) groups is 1. The van der Waals surface area contributed by atoms with Crippen molar-refractivity contribution in [2.24, 2.45) is 4.99 Å². The Kier molecular flexibility index (Phi) is 8.56. The van der Waals surface area contributed by atoms with Crippen molar-refractivity contribution in [2.75, 3.05) is 32.5 Å². The van der Waals surface area contributed by atoms with E-state index in [1.165, 1.54) is 0 Å². The zero-order chi connectivity index (χ0) is 26.2. The highest BCUT2D eigenvalue weighted by atomic mass is 16.6. The number of nitrogens with one attached hydrogen (secondary N) is 1. The molecule has 0 radical (unpaired) electrons. The number of fused-ring (bicyclic) bond motifs is 1. The van der Waals surface area contributed by atoms with Gasteiger partial charge in [-0.1, -0.05) is 61.4 Å². The highest BCUT2D eigenvalue weighted by Crippen LogP contribution is 2.24. The summed E-state index contributed by atoms with van der Waals surface area (Å²) in [7, 11) is 3.76. The number of rotatable bonds is 10. The van der Waals surface area contributed by atoms with Crippen LogP contribution in [0, 0.1) is 6.92 Å². The molecule has 0 atom stereocenters. The van der Waals surface area contributed by atoms with Gasteiger partial charge in [0.25, 0.3) is 0 Å². The van der Waals surface area contributed by atoms with E-state index in [0.29, 0.717) is 18.1 Å². The first-order valence-corrected chi connectivity index (χ1v) is 12.7. The fourth-order valence-electron chi connectivity index (χ4n) is 4.31. The molecule has 3 aromatic rings. The van der Waals surface area contributed by atoms with Gasteiger partial charge in [-0.2, -0.15) is 0 Å². The first-order chi connectivity index (χ1) is 17.9. The van der Waals surface area contributed by atoms with Gasteiger partial charge in [-0.25, -0.2) is 14.6 Å². The van der Waals surface area contributed by atoms with Gasteiger partial charge in [0, 0.05) is 44.6 Å². The molecule has 0 aliphatic carbocycles. The Balaban J connectivity index is 1.20. The number of esters is 1. The number of ether oxygens (including phenoxy) is 1. The lowest BCUT2D eigenvalue weighted by atomic mass is 10.0. The maximum absolute atomic E-state index is 12.4. The number of unbranched alkanes of at least 4 members (excludes halogenated alkanes) is 3. The number of aryl methyl sites for hydroxylation is 1. The Morgan fingerprint density at radius 2 is 1.68 bits per heavy atom. The van der Waals surface area contributed by atoms with Gasteiger partial charge in [-0.15, -0.1) is 0 Å². The van der Waals surface area contributed by atoms with E-state index in [0.717, 1.165) is 59.8 Å². The molecule has 0 unspecified atom stereocenters. The van der Waals surface area contributed by atoms with E-state index >= 15 is 0 Å². The summed E-state index contributed by atoms with van der Waals surface area (Å²) in [6, 6.07) is 21.6. The molecule has 0 saturated heterocycles. The molecule has 1 N–H and O–H groups in total. The monoisotopic (exact) mass is 498 g/mol. The average molecular weight is 499 g/mol. The second kappa shape index (κ2) is 12.2. The fourth-order valence-corrected chi connectivity index (χ4v) is 4.31. The smallest absolute Gasteiger partial charge is 0.365 e. The molecule has 4 rings (SSSR count). The van der Waals surface area contributed by atoms with Crippen LogP contribution in [-0.2, 0) is 9.53 Å². The lowest BCUT2D eigenvalue weighted by molar-refractivity contribution is -0.130. The molecule has 0 aromatic heterocycles. The molecule has 2 amide bonds. The van der Waals surface area contributed by atoms with E-state index in [4.69, 9.17) is 4.74 Å². The Hall–Kier alpha value is -4.13. The van der Waals surface area contributed by atoms with Crippen LogP contribution in [0.15, 0.2) is 83.6 Å². The topological polar surface area (TPSA) is 74.2 Å². The van der Waals surface area contributed by atoms with Crippen LogP contribution >= 0.6 is 0 Å². The number of carbonyl (C=O) groups is 2. The Morgan fingerprint density at radius 3 is 2.49 bits per heavy atom. The van der Waals surface area contributed by atoms with E-state index in [9.17, 15) is 9.59 Å². The molecule has 0 fully saturated rings. The van der Waals surface area contributed by atoms with Crippen LogP contribution < -0.4 is 5.32 Å². The third-order valence-electron chi connectivity index (χ3n) is 6.35. The van der Waals surface area contributed by atoms with Crippen LogP contribution in [0.4, 0.5) is 10.5 Å². The molecular weight excluding hydrogens is 464 g/mol. The highest BCUT2D eigenvalue weighted by Gasteiger charge is 2.25. The van der Waals surface area contributed by atoms with E-state index in [-0.39, 0.29) is 6.03 Å². The number of carbonyl (C=O) groups excluding carboxylic acids is 2. The summed E-state index contributed by atoms with van der Waals surface area (Å²) < 4.78 is 5.49. The van der Waals surface area contributed by atoms with E-state index in [1.807, 2.05) is 92.6 Å². The van der Waals surface area contributed by atoms with Gasteiger partial charge in [0.1, 0.15) is 0 Å². The molecule has 0 saturated carbocycles. The number of hydrogen-bond donors (Lipinski definition) is 1. The van der Waals surface area contributed by atoms with Crippen LogP contribution in [0.3, 0.4) is 0 Å². The van der Waals surface area contributed by atoms with Crippen molar-refractivity contribution >= 4 is 34.4 Å². The third-order valence-corrected chi connectivity index (χ3v) is 6.35. The molecule has 1 aliphatic rings. The largest absolute Gasteiger partial charge is 0.402 e. The molecular formula is C30H34N4O3. The number of anilines is 1. The Bertz CT molecular complexity index is 1330. The van der Waals surface area contributed by atoms with Crippen molar-refractivity contribution in [2.45, 2.75) is 32.6 Å². The Labute approximate surface area is 218 Å². The summed E-state index contributed by atoms with van der Waals surface area (Å²) in [4.78, 5) is 33.0. The molecule has 0 bridgehead atoms. The van der Waals surface area contributed by atoms with Gasteiger partial charge >= 0.3 is 12.0 Å². The van der Waals surface area contributed by atoms with Crippen molar-refractivity contribution in [3.63, 3.8) is 0 Å². The predicted molar refractivity (Wildman–Crippen MR) is 149 cm³/mol. The normalized spacial score (nSPS) is 14.0. The zero-order valence-electron chi connectivity index (χ0n) is 21.7. The average Bonchev–Trinajstić information content (AvgIpc) is 3.25. The molecule has 1 aliphatic heterocycles. The van der Waals surface area contributed by atoms with Gasteiger partial charge in [-0.05, 0) is 54.3 Å². The van der Waals surface area contributed by atoms with E-state index < -0.39 is 5.97 Å². The Morgan fingerprint density at radius 1 is 0.946 bits per heavy atom. The minimum absolute atomic E-state index is 0.0937. The molecule has 7 nitrogen and oxygen atoms in total. The molecule has 192 valence electrons. The molecule has 3 aromatic carbocycles. The molecule has 7 heteroatoms. The van der Waals surface area contributed by atoms with Crippen LogP contribution in [-0.4, -0.2) is 54.9 Å². The number of cyclic esters (lactones) is 1. The van der Waals surface area contributed by atoms with E-state index in [2.05, 4.69) is 10.3 Å². The summed E-state index contributed by atoms with van der Waals surface area (Å²) in [5.74, 6) is -0.0845. The number of urea groups is 1.